The summed E-state index contributed by atoms with van der Waals surface area (Å²) >= 11 is 0. The highest BCUT2D eigenvalue weighted by atomic mass is 31.1. The number of carbonyl (C=O) groups excluding carboxylic acids is 2. The van der Waals surface area contributed by atoms with E-state index in [-0.39, 0.29) is 30.1 Å². The fourth-order valence-electron chi connectivity index (χ4n) is 1.87. The Kier molecular flexibility index (Phi) is 8.09. The molecular weight excluding hydrogens is 241 g/mol. The van der Waals surface area contributed by atoms with Gasteiger partial charge in [0.05, 0.1) is 12.8 Å². The van der Waals surface area contributed by atoms with Crippen molar-refractivity contribution in [3.63, 3.8) is 0 Å². The molecule has 17 heavy (non-hydrogen) atoms. The first-order valence-electron chi connectivity index (χ1n) is 5.64. The van der Waals surface area contributed by atoms with Crippen molar-refractivity contribution in [2.75, 3.05) is 20.3 Å². The maximum Gasteiger partial charge on any atom is 0.313 e. The van der Waals surface area contributed by atoms with Crippen molar-refractivity contribution < 1.29 is 19.1 Å². The average molecular weight is 263 g/mol. The van der Waals surface area contributed by atoms with Crippen LogP contribution >= 0.6 is 8.58 Å². The van der Waals surface area contributed by atoms with Gasteiger partial charge in [0.25, 0.3) is 0 Å². The number of hydrogen-bond acceptors (Lipinski definition) is 5. The van der Waals surface area contributed by atoms with Crippen molar-refractivity contribution >= 4 is 20.5 Å². The molecule has 100 valence electrons. The molecule has 0 aromatic heterocycles. The molecule has 0 amide bonds. The second-order valence-corrected chi connectivity index (χ2v) is 4.94. The van der Waals surface area contributed by atoms with Gasteiger partial charge >= 0.3 is 11.9 Å². The molecule has 0 aliphatic carbocycles. The molecule has 0 aromatic carbocycles. The van der Waals surface area contributed by atoms with Crippen molar-refractivity contribution in [3.8, 4) is 0 Å². The Labute approximate surface area is 104 Å². The van der Waals surface area contributed by atoms with E-state index in [0.717, 1.165) is 6.42 Å². The minimum absolute atomic E-state index is 0.0836. The van der Waals surface area contributed by atoms with Crippen molar-refractivity contribution in [3.05, 3.63) is 0 Å². The molecule has 0 spiro atoms. The first-order chi connectivity index (χ1) is 8.01. The third-order valence-electron chi connectivity index (χ3n) is 2.69. The zero-order valence-corrected chi connectivity index (χ0v) is 11.9. The largest absolute Gasteiger partial charge is 0.469 e. The van der Waals surface area contributed by atoms with Gasteiger partial charge in [0.1, 0.15) is 6.10 Å². The molecule has 0 aliphatic heterocycles. The van der Waals surface area contributed by atoms with Crippen LogP contribution in [0.5, 0.6) is 0 Å². The molecular formula is C11H22NO4P. The van der Waals surface area contributed by atoms with Crippen LogP contribution in [0.2, 0.25) is 0 Å². The smallest absolute Gasteiger partial charge is 0.313 e. The predicted molar refractivity (Wildman–Crippen MR) is 68.4 cm³/mol. The van der Waals surface area contributed by atoms with Gasteiger partial charge in [-0.05, 0) is 13.1 Å². The van der Waals surface area contributed by atoms with E-state index in [2.05, 4.69) is 0 Å². The van der Waals surface area contributed by atoms with E-state index in [1.165, 1.54) is 14.0 Å². The van der Waals surface area contributed by atoms with Crippen molar-refractivity contribution in [1.82, 2.24) is 0 Å². The zero-order chi connectivity index (χ0) is 13.4. The molecule has 0 bridgehead atoms. The van der Waals surface area contributed by atoms with Gasteiger partial charge in [0.2, 0.25) is 0 Å². The van der Waals surface area contributed by atoms with Crippen LogP contribution in [0.25, 0.3) is 0 Å². The van der Waals surface area contributed by atoms with E-state index in [0.29, 0.717) is 8.58 Å². The summed E-state index contributed by atoms with van der Waals surface area (Å²) < 4.78 is 9.94. The second-order valence-electron chi connectivity index (χ2n) is 3.75. The fourth-order valence-corrected chi connectivity index (χ4v) is 3.10. The van der Waals surface area contributed by atoms with Crippen LogP contribution in [0.1, 0.15) is 20.3 Å². The monoisotopic (exact) mass is 263 g/mol. The van der Waals surface area contributed by atoms with Crippen LogP contribution in [0.3, 0.4) is 0 Å². The Hall–Kier alpha value is -0.670. The molecule has 5 nitrogen and oxygen atoms in total. The lowest BCUT2D eigenvalue weighted by atomic mass is 9.95. The number of rotatable bonds is 7. The Balaban J connectivity index is 4.85. The molecule has 6 heteroatoms. The molecule has 0 saturated heterocycles. The summed E-state index contributed by atoms with van der Waals surface area (Å²) in [6, 6.07) is 0. The summed E-state index contributed by atoms with van der Waals surface area (Å²) in [7, 11) is 1.76. The lowest BCUT2D eigenvalue weighted by molar-refractivity contribution is -0.152. The van der Waals surface area contributed by atoms with Gasteiger partial charge in [0.15, 0.2) is 0 Å². The van der Waals surface area contributed by atoms with Crippen LogP contribution in [0.15, 0.2) is 0 Å². The van der Waals surface area contributed by atoms with E-state index in [4.69, 9.17) is 15.2 Å². The number of hydrogen-bond donors (Lipinski definition) is 1. The van der Waals surface area contributed by atoms with Crippen LogP contribution in [-0.4, -0.2) is 44.0 Å². The van der Waals surface area contributed by atoms with E-state index in [9.17, 15) is 9.59 Å². The quantitative estimate of drug-likeness (QED) is 0.541. The lowest BCUT2D eigenvalue weighted by Crippen LogP contribution is -2.41. The Morgan fingerprint density at radius 3 is 2.29 bits per heavy atom. The summed E-state index contributed by atoms with van der Waals surface area (Å²) in [6.07, 6.45) is 0.296. The summed E-state index contributed by atoms with van der Waals surface area (Å²) in [5.41, 5.74) is 5.35. The SMILES string of the molecule is CCC(C(CN)OC(C)=O)C(PC)C(=O)OC. The average Bonchev–Trinajstić information content (AvgIpc) is 2.32. The third kappa shape index (κ3) is 5.00. The summed E-state index contributed by atoms with van der Waals surface area (Å²) in [4.78, 5) is 22.6. The molecule has 4 atom stereocenters. The van der Waals surface area contributed by atoms with Gasteiger partial charge in [-0.15, -0.1) is 8.58 Å². The van der Waals surface area contributed by atoms with Gasteiger partial charge in [-0.1, -0.05) is 6.92 Å². The maximum atomic E-state index is 11.7. The van der Waals surface area contributed by atoms with E-state index in [1.54, 1.807) is 0 Å². The van der Waals surface area contributed by atoms with E-state index < -0.39 is 6.10 Å². The van der Waals surface area contributed by atoms with Crippen molar-refractivity contribution in [2.45, 2.75) is 32.0 Å². The molecule has 0 heterocycles. The predicted octanol–water partition coefficient (Wildman–Crippen LogP) is 0.753. The maximum absolute atomic E-state index is 11.7. The molecule has 0 rings (SSSR count). The summed E-state index contributed by atoms with van der Waals surface area (Å²) in [5.74, 6) is -0.718. The van der Waals surface area contributed by atoms with Gasteiger partial charge in [0, 0.05) is 19.4 Å². The van der Waals surface area contributed by atoms with Gasteiger partial charge in [-0.2, -0.15) is 0 Å². The highest BCUT2D eigenvalue weighted by molar-refractivity contribution is 7.39. The minimum atomic E-state index is -0.422. The van der Waals surface area contributed by atoms with Crippen LogP contribution in [0.4, 0.5) is 0 Å². The van der Waals surface area contributed by atoms with Gasteiger partial charge < -0.3 is 15.2 Å². The van der Waals surface area contributed by atoms with E-state index in [1.807, 2.05) is 13.6 Å². The highest BCUT2D eigenvalue weighted by Crippen LogP contribution is 2.30. The molecule has 0 radical (unpaired) electrons. The molecule has 0 saturated carbocycles. The van der Waals surface area contributed by atoms with Crippen LogP contribution in [0, 0.1) is 5.92 Å². The van der Waals surface area contributed by atoms with Crippen LogP contribution < -0.4 is 5.73 Å². The molecule has 0 fully saturated rings. The Bertz CT molecular complexity index is 260. The Morgan fingerprint density at radius 2 is 2.00 bits per heavy atom. The summed E-state index contributed by atoms with van der Waals surface area (Å²) in [5, 5.41) is 0. The zero-order valence-electron chi connectivity index (χ0n) is 10.9. The fraction of sp³-hybridized carbons (Fsp3) is 0.818. The van der Waals surface area contributed by atoms with Gasteiger partial charge in [-0.25, -0.2) is 0 Å². The third-order valence-corrected chi connectivity index (χ3v) is 3.98. The lowest BCUT2D eigenvalue weighted by Gasteiger charge is -2.29. The van der Waals surface area contributed by atoms with Crippen molar-refractivity contribution in [1.29, 1.82) is 0 Å². The minimum Gasteiger partial charge on any atom is -0.469 e. The standard InChI is InChI=1S/C11H22NO4P/c1-5-8(9(6-12)16-7(2)13)10(17-4)11(14)15-3/h8-10,17H,5-6,12H2,1-4H3. The number of ether oxygens (including phenoxy) is 2. The molecule has 0 aliphatic rings. The van der Waals surface area contributed by atoms with Crippen molar-refractivity contribution in [2.24, 2.45) is 11.7 Å². The highest BCUT2D eigenvalue weighted by Gasteiger charge is 2.33. The second kappa shape index (κ2) is 8.43. The normalized spacial score (nSPS) is 16.5. The van der Waals surface area contributed by atoms with Gasteiger partial charge in [-0.3, -0.25) is 9.59 Å². The van der Waals surface area contributed by atoms with Crippen LogP contribution in [-0.2, 0) is 19.1 Å². The van der Waals surface area contributed by atoms with E-state index >= 15 is 0 Å². The first-order valence-corrected chi connectivity index (χ1v) is 7.21. The molecule has 4 unspecified atom stereocenters. The molecule has 0 aromatic rings. The topological polar surface area (TPSA) is 78.6 Å². The number of methoxy groups -OCH3 is 1. The number of carbonyl (C=O) groups is 2. The number of nitrogens with two attached hydrogens (primary N) is 1. The molecule has 2 N–H and O–H groups in total. The first kappa shape index (κ1) is 16.3. The number of esters is 2. The summed E-state index contributed by atoms with van der Waals surface area (Å²) in [6.45, 7) is 5.45. The Morgan fingerprint density at radius 1 is 1.41 bits per heavy atom.